The van der Waals surface area contributed by atoms with Gasteiger partial charge in [0.05, 0.1) is 26.4 Å². The number of rotatable bonds is 76. The van der Waals surface area contributed by atoms with Crippen LogP contribution in [0.5, 0.6) is 0 Å². The van der Waals surface area contributed by atoms with Gasteiger partial charge in [-0.3, -0.25) is 37.3 Å². The second-order valence-electron chi connectivity index (χ2n) is 28.5. The third-order valence-electron chi connectivity index (χ3n) is 18.3. The molecule has 6 atom stereocenters. The van der Waals surface area contributed by atoms with Gasteiger partial charge in [0.2, 0.25) is 0 Å². The van der Waals surface area contributed by atoms with Crippen LogP contribution < -0.4 is 0 Å². The van der Waals surface area contributed by atoms with Gasteiger partial charge in [-0.2, -0.15) is 0 Å². The molecule has 19 heteroatoms. The zero-order valence-corrected chi connectivity index (χ0v) is 64.5. The third-order valence-corrected chi connectivity index (χ3v) is 20.2. The number of hydrogen-bond acceptors (Lipinski definition) is 15. The first kappa shape index (κ1) is 94.1. The Hall–Kier alpha value is -1.94. The van der Waals surface area contributed by atoms with Gasteiger partial charge in [0.25, 0.3) is 0 Å². The van der Waals surface area contributed by atoms with Crippen molar-refractivity contribution in [1.29, 1.82) is 0 Å². The average molecular weight is 1410 g/mol. The van der Waals surface area contributed by atoms with E-state index in [0.717, 1.165) is 102 Å². The minimum Gasteiger partial charge on any atom is -0.462 e. The SMILES string of the molecule is CCCCCCCCCCCCCCCCCCCCC(=O)O[C@H](COC(=O)CCCCCCCCCCCCCCCCC)COP(=O)(O)OC[C@@H](O)COP(=O)(O)OC[C@@H](COC(=O)CCCCCCCCCCC(C)C)OC(=O)CCCCCCCCCCC(C)CC. The molecule has 0 bridgehead atoms. The fourth-order valence-electron chi connectivity index (χ4n) is 11.8. The third kappa shape index (κ3) is 69.2. The van der Waals surface area contributed by atoms with Gasteiger partial charge < -0.3 is 33.8 Å². The number of aliphatic hydroxyl groups excluding tert-OH is 1. The number of phosphoric acid groups is 2. The summed E-state index contributed by atoms with van der Waals surface area (Å²) in [6.45, 7) is 9.57. The molecule has 17 nitrogen and oxygen atoms in total. The second-order valence-corrected chi connectivity index (χ2v) is 31.4. The summed E-state index contributed by atoms with van der Waals surface area (Å²) < 4.78 is 68.6. The highest BCUT2D eigenvalue weighted by molar-refractivity contribution is 7.47. The Morgan fingerprint density at radius 3 is 0.792 bits per heavy atom. The highest BCUT2D eigenvalue weighted by Crippen LogP contribution is 2.45. The van der Waals surface area contributed by atoms with E-state index in [1.807, 2.05) is 0 Å². The van der Waals surface area contributed by atoms with Crippen LogP contribution in [0.25, 0.3) is 0 Å². The fourth-order valence-corrected chi connectivity index (χ4v) is 13.4. The number of aliphatic hydroxyl groups is 1. The molecule has 3 N–H and O–H groups in total. The number of ether oxygens (including phenoxy) is 4. The van der Waals surface area contributed by atoms with Crippen molar-refractivity contribution >= 4 is 39.5 Å². The van der Waals surface area contributed by atoms with Crippen LogP contribution in [-0.2, 0) is 65.4 Å². The van der Waals surface area contributed by atoms with Crippen molar-refractivity contribution in [3.8, 4) is 0 Å². The lowest BCUT2D eigenvalue weighted by Gasteiger charge is -2.21. The summed E-state index contributed by atoms with van der Waals surface area (Å²) in [7, 11) is -9.91. The van der Waals surface area contributed by atoms with Crippen LogP contribution in [0.4, 0.5) is 0 Å². The predicted molar refractivity (Wildman–Crippen MR) is 391 cm³/mol. The molecule has 570 valence electrons. The minimum atomic E-state index is -4.96. The molecule has 0 amide bonds. The summed E-state index contributed by atoms with van der Waals surface area (Å²) in [4.78, 5) is 72.9. The molecule has 0 heterocycles. The van der Waals surface area contributed by atoms with E-state index >= 15 is 0 Å². The first-order valence-corrected chi connectivity index (χ1v) is 43.0. The molecule has 0 aliphatic rings. The lowest BCUT2D eigenvalue weighted by atomic mass is 9.99. The molecule has 0 aliphatic carbocycles. The molecule has 0 aromatic carbocycles. The molecule has 0 aromatic rings. The normalized spacial score (nSPS) is 14.3. The predicted octanol–water partition coefficient (Wildman–Crippen LogP) is 22.7. The van der Waals surface area contributed by atoms with E-state index in [4.69, 9.17) is 37.0 Å². The molecule has 0 saturated carbocycles. The first-order chi connectivity index (χ1) is 46.4. The summed E-state index contributed by atoms with van der Waals surface area (Å²) >= 11 is 0. The monoisotopic (exact) mass is 1410 g/mol. The standard InChI is InChI=1S/C77H150O17P2/c1-7-10-12-14-16-18-20-22-24-25-26-28-30-32-34-43-49-55-61-76(81)93-72(65-87-74(79)59-53-47-41-33-31-29-27-23-21-19-17-15-13-11-8-2)67-91-95(83,84)89-63-71(78)64-90-96(85,86)92-68-73(66-88-75(80)60-54-48-42-37-35-39-45-51-57-69(4)5)94-77(82)62-56-50-44-38-36-40-46-52-58-70(6)9-3/h69-73,78H,7-68H2,1-6H3,(H,83,84)(H,85,86)/t70?,71-,72-,73-/m1/s1. The van der Waals surface area contributed by atoms with Crippen LogP contribution >= 0.6 is 15.6 Å². The maximum Gasteiger partial charge on any atom is 0.472 e. The summed E-state index contributed by atoms with van der Waals surface area (Å²) in [5.74, 6) is -0.619. The van der Waals surface area contributed by atoms with Crippen molar-refractivity contribution in [2.24, 2.45) is 11.8 Å². The van der Waals surface area contributed by atoms with Gasteiger partial charge in [-0.15, -0.1) is 0 Å². The average Bonchev–Trinajstić information content (AvgIpc) is 1.39. The van der Waals surface area contributed by atoms with Crippen LogP contribution in [0, 0.1) is 11.8 Å². The number of esters is 4. The van der Waals surface area contributed by atoms with Crippen LogP contribution in [0.2, 0.25) is 0 Å². The molecule has 0 spiro atoms. The van der Waals surface area contributed by atoms with E-state index < -0.39 is 97.5 Å². The van der Waals surface area contributed by atoms with E-state index in [0.29, 0.717) is 25.7 Å². The molecule has 3 unspecified atom stereocenters. The quantitative estimate of drug-likeness (QED) is 0.0222. The van der Waals surface area contributed by atoms with E-state index in [9.17, 15) is 43.2 Å². The van der Waals surface area contributed by atoms with Gasteiger partial charge in [0.15, 0.2) is 12.2 Å². The molecular weight excluding hydrogens is 1260 g/mol. The van der Waals surface area contributed by atoms with Crippen molar-refractivity contribution in [3.05, 3.63) is 0 Å². The first-order valence-electron chi connectivity index (χ1n) is 40.0. The maximum atomic E-state index is 13.1. The Kier molecular flexibility index (Phi) is 67.4. The second kappa shape index (κ2) is 68.8. The van der Waals surface area contributed by atoms with Gasteiger partial charge in [0, 0.05) is 25.7 Å². The molecule has 0 fully saturated rings. The highest BCUT2D eigenvalue weighted by atomic mass is 31.2. The summed E-state index contributed by atoms with van der Waals surface area (Å²) in [6, 6.07) is 0. The van der Waals surface area contributed by atoms with Gasteiger partial charge in [0.1, 0.15) is 19.3 Å². The van der Waals surface area contributed by atoms with Crippen LogP contribution in [0.3, 0.4) is 0 Å². The number of carbonyl (C=O) groups excluding carboxylic acids is 4. The Morgan fingerprint density at radius 2 is 0.531 bits per heavy atom. The Bertz CT molecular complexity index is 1860. The highest BCUT2D eigenvalue weighted by Gasteiger charge is 2.30. The smallest absolute Gasteiger partial charge is 0.462 e. The number of unbranched alkanes of at least 4 members (excludes halogenated alkanes) is 45. The number of phosphoric ester groups is 2. The van der Waals surface area contributed by atoms with Gasteiger partial charge in [-0.05, 0) is 37.5 Å². The zero-order chi connectivity index (χ0) is 70.7. The Labute approximate surface area is 588 Å². The summed E-state index contributed by atoms with van der Waals surface area (Å²) in [5, 5.41) is 10.6. The molecule has 0 aliphatic heterocycles. The minimum absolute atomic E-state index is 0.105. The fraction of sp³-hybridized carbons (Fsp3) is 0.948. The molecule has 0 saturated heterocycles. The van der Waals surface area contributed by atoms with Crippen molar-refractivity contribution in [1.82, 2.24) is 0 Å². The molecule has 0 rings (SSSR count). The largest absolute Gasteiger partial charge is 0.472 e. The Balaban J connectivity index is 5.25. The molecular formula is C77H150O17P2. The topological polar surface area (TPSA) is 237 Å². The Morgan fingerprint density at radius 1 is 0.302 bits per heavy atom. The van der Waals surface area contributed by atoms with Crippen LogP contribution in [-0.4, -0.2) is 96.7 Å². The van der Waals surface area contributed by atoms with E-state index in [-0.39, 0.29) is 25.7 Å². The summed E-state index contributed by atoms with van der Waals surface area (Å²) in [5.41, 5.74) is 0. The van der Waals surface area contributed by atoms with E-state index in [1.54, 1.807) is 0 Å². The zero-order valence-electron chi connectivity index (χ0n) is 62.7. The van der Waals surface area contributed by atoms with Crippen molar-refractivity contribution in [2.45, 2.75) is 419 Å². The van der Waals surface area contributed by atoms with Crippen molar-refractivity contribution in [3.63, 3.8) is 0 Å². The maximum absolute atomic E-state index is 13.1. The van der Waals surface area contributed by atoms with Crippen molar-refractivity contribution in [2.75, 3.05) is 39.6 Å². The lowest BCUT2D eigenvalue weighted by Crippen LogP contribution is -2.30. The molecule has 96 heavy (non-hydrogen) atoms. The van der Waals surface area contributed by atoms with Gasteiger partial charge >= 0.3 is 39.5 Å². The van der Waals surface area contributed by atoms with Crippen molar-refractivity contribution < 1.29 is 80.2 Å². The van der Waals surface area contributed by atoms with Crippen LogP contribution in [0.1, 0.15) is 401 Å². The van der Waals surface area contributed by atoms with Gasteiger partial charge in [-0.25, -0.2) is 9.13 Å². The summed E-state index contributed by atoms with van der Waals surface area (Å²) in [6.07, 6.45) is 56.8. The number of hydrogen-bond donors (Lipinski definition) is 3. The molecule has 0 aromatic heterocycles. The number of carbonyl (C=O) groups is 4. The van der Waals surface area contributed by atoms with E-state index in [2.05, 4.69) is 41.5 Å². The van der Waals surface area contributed by atoms with Gasteiger partial charge in [-0.1, -0.05) is 350 Å². The molecule has 0 radical (unpaired) electrons. The van der Waals surface area contributed by atoms with E-state index in [1.165, 1.54) is 218 Å². The van der Waals surface area contributed by atoms with Crippen LogP contribution in [0.15, 0.2) is 0 Å². The lowest BCUT2D eigenvalue weighted by molar-refractivity contribution is -0.161.